The lowest BCUT2D eigenvalue weighted by molar-refractivity contribution is -0.123. The molecule has 3 heteroatoms. The van der Waals surface area contributed by atoms with Crippen LogP contribution in [0.4, 0.5) is 0 Å². The fourth-order valence-electron chi connectivity index (χ4n) is 2.08. The molecule has 3 atom stereocenters. The molecule has 3 unspecified atom stereocenters. The van der Waals surface area contributed by atoms with Crippen molar-refractivity contribution in [3.8, 4) is 0 Å². The zero-order valence-electron chi connectivity index (χ0n) is 10.2. The van der Waals surface area contributed by atoms with E-state index in [2.05, 4.69) is 47.2 Å². The van der Waals surface area contributed by atoms with Gasteiger partial charge >= 0.3 is 0 Å². The smallest absolute Gasteiger partial charge is 0.223 e. The molecule has 1 aliphatic rings. The van der Waals surface area contributed by atoms with Gasteiger partial charge < -0.3 is 5.32 Å². The maximum absolute atomic E-state index is 11.9. The van der Waals surface area contributed by atoms with E-state index in [1.165, 1.54) is 5.56 Å². The molecule has 1 amide bonds. The Balaban J connectivity index is 2.01. The molecule has 0 bridgehead atoms. The minimum absolute atomic E-state index is 0.142. The van der Waals surface area contributed by atoms with Crippen LogP contribution in [0.25, 0.3) is 0 Å². The van der Waals surface area contributed by atoms with E-state index in [4.69, 9.17) is 0 Å². The van der Waals surface area contributed by atoms with Gasteiger partial charge in [0.05, 0.1) is 6.04 Å². The first kappa shape index (κ1) is 12.6. The van der Waals surface area contributed by atoms with E-state index in [0.717, 1.165) is 17.3 Å². The Morgan fingerprint density at radius 1 is 1.47 bits per heavy atom. The molecule has 2 rings (SSSR count). The van der Waals surface area contributed by atoms with Gasteiger partial charge in [0.2, 0.25) is 5.91 Å². The van der Waals surface area contributed by atoms with Gasteiger partial charge in [-0.25, -0.2) is 0 Å². The van der Waals surface area contributed by atoms with Crippen molar-refractivity contribution in [1.29, 1.82) is 0 Å². The number of rotatable bonds is 4. The molecule has 1 aromatic rings. The summed E-state index contributed by atoms with van der Waals surface area (Å²) in [6.45, 7) is 4.23. The third kappa shape index (κ3) is 3.09. The maximum Gasteiger partial charge on any atom is 0.223 e. The minimum Gasteiger partial charge on any atom is -0.349 e. The summed E-state index contributed by atoms with van der Waals surface area (Å²) in [6, 6.07) is 8.31. The molecule has 0 aliphatic heterocycles. The van der Waals surface area contributed by atoms with E-state index >= 15 is 0 Å². The predicted octanol–water partition coefficient (Wildman–Crippen LogP) is 3.67. The molecule has 0 saturated heterocycles. The quantitative estimate of drug-likeness (QED) is 0.902. The normalized spacial score (nSPS) is 24.2. The molecule has 0 spiro atoms. The van der Waals surface area contributed by atoms with Crippen molar-refractivity contribution >= 4 is 21.8 Å². The Kier molecular flexibility index (Phi) is 3.87. The lowest BCUT2D eigenvalue weighted by Gasteiger charge is -2.17. The van der Waals surface area contributed by atoms with Crippen LogP contribution in [0.15, 0.2) is 28.7 Å². The van der Waals surface area contributed by atoms with Crippen LogP contribution in [0.3, 0.4) is 0 Å². The summed E-state index contributed by atoms with van der Waals surface area (Å²) < 4.78 is 1.07. The first-order valence-electron chi connectivity index (χ1n) is 6.17. The molecular formula is C14H18BrNO. The van der Waals surface area contributed by atoms with E-state index in [1.54, 1.807) is 0 Å². The number of hydrogen-bond donors (Lipinski definition) is 1. The Labute approximate surface area is 111 Å². The van der Waals surface area contributed by atoms with Crippen molar-refractivity contribution in [1.82, 2.24) is 5.32 Å². The number of halogens is 1. The van der Waals surface area contributed by atoms with Crippen LogP contribution in [-0.2, 0) is 4.79 Å². The van der Waals surface area contributed by atoms with Gasteiger partial charge in [-0.15, -0.1) is 0 Å². The van der Waals surface area contributed by atoms with Gasteiger partial charge in [0.15, 0.2) is 0 Å². The van der Waals surface area contributed by atoms with Crippen LogP contribution < -0.4 is 5.32 Å². The van der Waals surface area contributed by atoms with Crippen LogP contribution in [-0.4, -0.2) is 5.91 Å². The molecule has 2 nitrogen and oxygen atoms in total. The van der Waals surface area contributed by atoms with Crippen molar-refractivity contribution in [3.05, 3.63) is 34.3 Å². The van der Waals surface area contributed by atoms with Crippen LogP contribution in [0.2, 0.25) is 0 Å². The lowest BCUT2D eigenvalue weighted by atomic mass is 10.0. The van der Waals surface area contributed by atoms with E-state index in [-0.39, 0.29) is 17.9 Å². The van der Waals surface area contributed by atoms with Crippen molar-refractivity contribution in [2.24, 2.45) is 11.8 Å². The van der Waals surface area contributed by atoms with E-state index in [9.17, 15) is 4.79 Å². The van der Waals surface area contributed by atoms with Crippen LogP contribution in [0.5, 0.6) is 0 Å². The van der Waals surface area contributed by atoms with Gasteiger partial charge in [0.25, 0.3) is 0 Å². The Morgan fingerprint density at radius 2 is 2.06 bits per heavy atom. The predicted molar refractivity (Wildman–Crippen MR) is 72.6 cm³/mol. The highest BCUT2D eigenvalue weighted by Gasteiger charge is 2.39. The maximum atomic E-state index is 11.9. The molecule has 17 heavy (non-hydrogen) atoms. The molecule has 0 radical (unpaired) electrons. The van der Waals surface area contributed by atoms with Gasteiger partial charge in [-0.3, -0.25) is 4.79 Å². The van der Waals surface area contributed by atoms with E-state index < -0.39 is 0 Å². The number of carbonyl (C=O) groups excluding carboxylic acids is 1. The number of hydrogen-bond acceptors (Lipinski definition) is 1. The summed E-state index contributed by atoms with van der Waals surface area (Å²) in [4.78, 5) is 11.9. The van der Waals surface area contributed by atoms with E-state index in [1.807, 2.05) is 12.1 Å². The van der Waals surface area contributed by atoms with Crippen molar-refractivity contribution in [3.63, 3.8) is 0 Å². The second-order valence-electron chi connectivity index (χ2n) is 4.84. The largest absolute Gasteiger partial charge is 0.349 e. The first-order valence-corrected chi connectivity index (χ1v) is 6.97. The van der Waals surface area contributed by atoms with Crippen LogP contribution in [0.1, 0.15) is 38.3 Å². The average Bonchev–Trinajstić information content (AvgIpc) is 3.04. The highest BCUT2D eigenvalue weighted by molar-refractivity contribution is 9.10. The summed E-state index contributed by atoms with van der Waals surface area (Å²) in [5.41, 5.74) is 1.18. The first-order chi connectivity index (χ1) is 8.11. The fourth-order valence-corrected chi connectivity index (χ4v) is 2.35. The summed E-state index contributed by atoms with van der Waals surface area (Å²) in [7, 11) is 0. The van der Waals surface area contributed by atoms with Gasteiger partial charge in [-0.1, -0.05) is 41.9 Å². The number of benzene rings is 1. The number of carbonyl (C=O) groups is 1. The van der Waals surface area contributed by atoms with Gasteiger partial charge in [-0.05, 0) is 36.5 Å². The van der Waals surface area contributed by atoms with Crippen molar-refractivity contribution < 1.29 is 4.79 Å². The minimum atomic E-state index is 0.142. The zero-order chi connectivity index (χ0) is 12.4. The van der Waals surface area contributed by atoms with Crippen molar-refractivity contribution in [2.45, 2.75) is 32.7 Å². The Hall–Kier alpha value is -0.830. The SMILES string of the molecule is CCC(NC(=O)C1CC1C)c1ccc(Br)cc1. The molecule has 0 heterocycles. The molecule has 1 aromatic carbocycles. The summed E-state index contributed by atoms with van der Waals surface area (Å²) in [5.74, 6) is 1.03. The fraction of sp³-hybridized carbons (Fsp3) is 0.500. The zero-order valence-corrected chi connectivity index (χ0v) is 11.8. The summed E-state index contributed by atoms with van der Waals surface area (Å²) in [6.07, 6.45) is 1.97. The third-order valence-corrected chi connectivity index (χ3v) is 3.97. The highest BCUT2D eigenvalue weighted by atomic mass is 79.9. The van der Waals surface area contributed by atoms with Crippen LogP contribution >= 0.6 is 15.9 Å². The average molecular weight is 296 g/mol. The Morgan fingerprint density at radius 3 is 2.53 bits per heavy atom. The highest BCUT2D eigenvalue weighted by Crippen LogP contribution is 2.38. The lowest BCUT2D eigenvalue weighted by Crippen LogP contribution is -2.29. The van der Waals surface area contributed by atoms with E-state index in [0.29, 0.717) is 5.92 Å². The number of nitrogens with one attached hydrogen (secondary N) is 1. The molecule has 1 saturated carbocycles. The second kappa shape index (κ2) is 5.21. The molecule has 0 aromatic heterocycles. The molecule has 1 fully saturated rings. The summed E-state index contributed by atoms with van der Waals surface area (Å²) >= 11 is 3.42. The number of amides is 1. The van der Waals surface area contributed by atoms with Gasteiger partial charge in [0.1, 0.15) is 0 Å². The standard InChI is InChI=1S/C14H18BrNO/c1-3-13(10-4-6-11(15)7-5-10)16-14(17)12-8-9(12)2/h4-7,9,12-13H,3,8H2,1-2H3,(H,16,17). The molecular weight excluding hydrogens is 278 g/mol. The topological polar surface area (TPSA) is 29.1 Å². The Bertz CT molecular complexity index is 401. The monoisotopic (exact) mass is 295 g/mol. The summed E-state index contributed by atoms with van der Waals surface area (Å²) in [5, 5.41) is 3.14. The second-order valence-corrected chi connectivity index (χ2v) is 5.76. The van der Waals surface area contributed by atoms with Crippen molar-refractivity contribution in [2.75, 3.05) is 0 Å². The van der Waals surface area contributed by atoms with Crippen LogP contribution in [0, 0.1) is 11.8 Å². The molecule has 1 aliphatic carbocycles. The molecule has 92 valence electrons. The van der Waals surface area contributed by atoms with Gasteiger partial charge in [0, 0.05) is 10.4 Å². The van der Waals surface area contributed by atoms with Gasteiger partial charge in [-0.2, -0.15) is 0 Å². The molecule has 1 N–H and O–H groups in total. The third-order valence-electron chi connectivity index (χ3n) is 3.44.